The standard InChI is InChI=1S/C16H19BrN2O2/c1-9-12-7-11(17)5-6-14(12)21-15(9)16(20)19-13-4-2-3-10(13)8-18/h5-7,10,13H,2-4,8,18H2,1H3,(H,19,20). The second-order valence-corrected chi connectivity index (χ2v) is 6.62. The first kappa shape index (κ1) is 14.6. The van der Waals surface area contributed by atoms with Gasteiger partial charge in [-0.05, 0) is 50.4 Å². The van der Waals surface area contributed by atoms with E-state index in [1.807, 2.05) is 25.1 Å². The van der Waals surface area contributed by atoms with Gasteiger partial charge in [0.25, 0.3) is 5.91 Å². The summed E-state index contributed by atoms with van der Waals surface area (Å²) in [4.78, 5) is 12.5. The second-order valence-electron chi connectivity index (χ2n) is 5.70. The van der Waals surface area contributed by atoms with Crippen LogP contribution in [-0.2, 0) is 0 Å². The number of aryl methyl sites for hydroxylation is 1. The molecule has 1 fully saturated rings. The summed E-state index contributed by atoms with van der Waals surface area (Å²) in [5.74, 6) is 0.656. The van der Waals surface area contributed by atoms with Gasteiger partial charge in [0, 0.05) is 21.5 Å². The van der Waals surface area contributed by atoms with Gasteiger partial charge < -0.3 is 15.5 Å². The van der Waals surface area contributed by atoms with Crippen LogP contribution in [0.4, 0.5) is 0 Å². The number of fused-ring (bicyclic) bond motifs is 1. The van der Waals surface area contributed by atoms with Crippen LogP contribution in [0.3, 0.4) is 0 Å². The first-order valence-corrected chi connectivity index (χ1v) is 8.09. The van der Waals surface area contributed by atoms with Crippen LogP contribution in [-0.4, -0.2) is 18.5 Å². The Labute approximate surface area is 132 Å². The van der Waals surface area contributed by atoms with Gasteiger partial charge in [0.15, 0.2) is 5.76 Å². The topological polar surface area (TPSA) is 68.3 Å². The van der Waals surface area contributed by atoms with Crippen molar-refractivity contribution in [2.75, 3.05) is 6.54 Å². The van der Waals surface area contributed by atoms with Crippen molar-refractivity contribution in [3.63, 3.8) is 0 Å². The number of amides is 1. The zero-order valence-electron chi connectivity index (χ0n) is 12.0. The summed E-state index contributed by atoms with van der Waals surface area (Å²) >= 11 is 3.44. The van der Waals surface area contributed by atoms with Gasteiger partial charge >= 0.3 is 0 Å². The lowest BCUT2D eigenvalue weighted by molar-refractivity contribution is 0.0902. The van der Waals surface area contributed by atoms with E-state index in [-0.39, 0.29) is 11.9 Å². The van der Waals surface area contributed by atoms with Gasteiger partial charge in [-0.3, -0.25) is 4.79 Å². The normalized spacial score (nSPS) is 21.9. The zero-order valence-corrected chi connectivity index (χ0v) is 13.6. The van der Waals surface area contributed by atoms with Gasteiger partial charge in [-0.15, -0.1) is 0 Å². The molecule has 0 spiro atoms. The fourth-order valence-electron chi connectivity index (χ4n) is 3.15. The Bertz CT molecular complexity index is 680. The molecule has 0 bridgehead atoms. The third-order valence-electron chi connectivity index (χ3n) is 4.38. The smallest absolute Gasteiger partial charge is 0.287 e. The minimum atomic E-state index is -0.134. The molecule has 1 aromatic carbocycles. The number of benzene rings is 1. The molecule has 3 rings (SSSR count). The second kappa shape index (κ2) is 5.81. The molecule has 2 unspecified atom stereocenters. The summed E-state index contributed by atoms with van der Waals surface area (Å²) in [6.45, 7) is 2.54. The van der Waals surface area contributed by atoms with Crippen molar-refractivity contribution >= 4 is 32.8 Å². The molecule has 112 valence electrons. The maximum atomic E-state index is 12.5. The highest BCUT2D eigenvalue weighted by molar-refractivity contribution is 9.10. The molecule has 1 aliphatic carbocycles. The summed E-state index contributed by atoms with van der Waals surface area (Å²) in [5, 5.41) is 4.06. The highest BCUT2D eigenvalue weighted by atomic mass is 79.9. The SMILES string of the molecule is Cc1c(C(=O)NC2CCCC2CN)oc2ccc(Br)cc12. The van der Waals surface area contributed by atoms with Crippen LogP contribution in [0.5, 0.6) is 0 Å². The molecule has 5 heteroatoms. The highest BCUT2D eigenvalue weighted by Gasteiger charge is 2.29. The van der Waals surface area contributed by atoms with E-state index in [4.69, 9.17) is 10.2 Å². The Morgan fingerprint density at radius 2 is 2.29 bits per heavy atom. The molecule has 4 nitrogen and oxygen atoms in total. The van der Waals surface area contributed by atoms with E-state index in [0.29, 0.717) is 18.2 Å². The maximum Gasteiger partial charge on any atom is 0.287 e. The Kier molecular flexibility index (Phi) is 4.04. The fourth-order valence-corrected chi connectivity index (χ4v) is 3.51. The minimum Gasteiger partial charge on any atom is -0.451 e. The number of nitrogens with two attached hydrogens (primary N) is 1. The summed E-state index contributed by atoms with van der Waals surface area (Å²) in [6, 6.07) is 5.93. The molecular weight excluding hydrogens is 332 g/mol. The highest BCUT2D eigenvalue weighted by Crippen LogP contribution is 2.29. The van der Waals surface area contributed by atoms with Crippen LogP contribution >= 0.6 is 15.9 Å². The van der Waals surface area contributed by atoms with Gasteiger partial charge in [-0.25, -0.2) is 0 Å². The largest absolute Gasteiger partial charge is 0.451 e. The van der Waals surface area contributed by atoms with Gasteiger partial charge in [0.2, 0.25) is 0 Å². The van der Waals surface area contributed by atoms with Crippen molar-refractivity contribution in [3.8, 4) is 0 Å². The van der Waals surface area contributed by atoms with Crippen LogP contribution in [0.1, 0.15) is 35.4 Å². The van der Waals surface area contributed by atoms with Crippen LogP contribution in [0.15, 0.2) is 27.1 Å². The predicted octanol–water partition coefficient (Wildman–Crippen LogP) is 3.36. The number of furan rings is 1. The molecule has 3 N–H and O–H groups in total. The molecule has 0 radical (unpaired) electrons. The van der Waals surface area contributed by atoms with E-state index in [1.165, 1.54) is 0 Å². The molecule has 1 heterocycles. The van der Waals surface area contributed by atoms with Crippen molar-refractivity contribution in [2.24, 2.45) is 11.7 Å². The fraction of sp³-hybridized carbons (Fsp3) is 0.438. The van der Waals surface area contributed by atoms with Crippen LogP contribution in [0, 0.1) is 12.8 Å². The molecule has 0 aliphatic heterocycles. The average molecular weight is 351 g/mol. The van der Waals surface area contributed by atoms with E-state index in [0.717, 1.165) is 40.3 Å². The molecule has 1 aliphatic rings. The summed E-state index contributed by atoms with van der Waals surface area (Å²) < 4.78 is 6.71. The van der Waals surface area contributed by atoms with E-state index in [9.17, 15) is 4.79 Å². The number of carbonyl (C=O) groups excluding carboxylic acids is 1. The Morgan fingerprint density at radius 3 is 3.05 bits per heavy atom. The molecular formula is C16H19BrN2O2. The first-order chi connectivity index (χ1) is 10.1. The third-order valence-corrected chi connectivity index (χ3v) is 4.88. The molecule has 1 amide bonds. The molecule has 21 heavy (non-hydrogen) atoms. The van der Waals surface area contributed by atoms with E-state index < -0.39 is 0 Å². The molecule has 1 aromatic heterocycles. The third kappa shape index (κ3) is 2.72. The van der Waals surface area contributed by atoms with Crippen LogP contribution in [0.25, 0.3) is 11.0 Å². The van der Waals surface area contributed by atoms with Crippen molar-refractivity contribution in [2.45, 2.75) is 32.2 Å². The molecule has 0 saturated heterocycles. The Morgan fingerprint density at radius 1 is 1.48 bits per heavy atom. The quantitative estimate of drug-likeness (QED) is 0.891. The van der Waals surface area contributed by atoms with Gasteiger partial charge in [0.05, 0.1) is 0 Å². The predicted molar refractivity (Wildman–Crippen MR) is 86.3 cm³/mol. The van der Waals surface area contributed by atoms with Crippen molar-refractivity contribution in [1.82, 2.24) is 5.32 Å². The van der Waals surface area contributed by atoms with E-state index >= 15 is 0 Å². The maximum absolute atomic E-state index is 12.5. The molecule has 1 saturated carbocycles. The average Bonchev–Trinajstić information content (AvgIpc) is 3.04. The van der Waals surface area contributed by atoms with Crippen LogP contribution in [0.2, 0.25) is 0 Å². The van der Waals surface area contributed by atoms with Gasteiger partial charge in [-0.2, -0.15) is 0 Å². The van der Waals surface area contributed by atoms with Crippen molar-refractivity contribution in [3.05, 3.63) is 34.0 Å². The van der Waals surface area contributed by atoms with E-state index in [1.54, 1.807) is 0 Å². The lowest BCUT2D eigenvalue weighted by Gasteiger charge is -2.18. The monoisotopic (exact) mass is 350 g/mol. The number of hydrogen-bond donors (Lipinski definition) is 2. The number of nitrogens with one attached hydrogen (secondary N) is 1. The first-order valence-electron chi connectivity index (χ1n) is 7.29. The molecule has 2 aromatic rings. The lowest BCUT2D eigenvalue weighted by atomic mass is 10.0. The van der Waals surface area contributed by atoms with Crippen molar-refractivity contribution < 1.29 is 9.21 Å². The Hall–Kier alpha value is -1.33. The lowest BCUT2D eigenvalue weighted by Crippen LogP contribution is -2.39. The summed E-state index contributed by atoms with van der Waals surface area (Å²) in [5.41, 5.74) is 7.39. The number of carbonyl (C=O) groups is 1. The van der Waals surface area contributed by atoms with Gasteiger partial charge in [0.1, 0.15) is 5.58 Å². The molecule has 2 atom stereocenters. The van der Waals surface area contributed by atoms with Crippen molar-refractivity contribution in [1.29, 1.82) is 0 Å². The number of halogens is 1. The number of rotatable bonds is 3. The minimum absolute atomic E-state index is 0.134. The summed E-state index contributed by atoms with van der Waals surface area (Å²) in [7, 11) is 0. The van der Waals surface area contributed by atoms with Gasteiger partial charge in [-0.1, -0.05) is 22.4 Å². The van der Waals surface area contributed by atoms with Crippen LogP contribution < -0.4 is 11.1 Å². The Balaban J connectivity index is 1.86. The number of hydrogen-bond acceptors (Lipinski definition) is 3. The van der Waals surface area contributed by atoms with E-state index in [2.05, 4.69) is 21.2 Å². The zero-order chi connectivity index (χ0) is 15.0. The summed E-state index contributed by atoms with van der Waals surface area (Å²) in [6.07, 6.45) is 3.21.